The van der Waals surface area contributed by atoms with E-state index in [-0.39, 0.29) is 0 Å². The van der Waals surface area contributed by atoms with Crippen LogP contribution in [0, 0.1) is 19.3 Å². The Labute approximate surface area is 174 Å². The Balaban J connectivity index is 1.82. The molecule has 0 amide bonds. The first-order valence-corrected chi connectivity index (χ1v) is 9.99. The van der Waals surface area contributed by atoms with Crippen molar-refractivity contribution >= 4 is 39.4 Å². The maximum atomic E-state index is 8.81. The van der Waals surface area contributed by atoms with Crippen LogP contribution in [0.3, 0.4) is 0 Å². The van der Waals surface area contributed by atoms with Gasteiger partial charge in [-0.25, -0.2) is 0 Å². The molecule has 2 aromatic heterocycles. The minimum atomic E-state index is 0.414. The lowest BCUT2D eigenvalue weighted by molar-refractivity contribution is 0.414. The quantitative estimate of drug-likeness (QED) is 0.407. The lowest BCUT2D eigenvalue weighted by atomic mass is 9.99. The van der Waals surface area contributed by atoms with Crippen molar-refractivity contribution in [3.05, 3.63) is 75.9 Å². The lowest BCUT2D eigenvalue weighted by Crippen LogP contribution is -2.28. The van der Waals surface area contributed by atoms with Crippen molar-refractivity contribution < 1.29 is 4.74 Å². The third-order valence-corrected chi connectivity index (χ3v) is 5.78. The molecule has 0 fully saturated rings. The first-order chi connectivity index (χ1) is 13.5. The number of nitrogens with zero attached hydrogens (tertiary/aromatic N) is 1. The van der Waals surface area contributed by atoms with Crippen LogP contribution in [0.15, 0.2) is 48.8 Å². The van der Waals surface area contributed by atoms with Crippen LogP contribution >= 0.6 is 23.6 Å². The zero-order valence-electron chi connectivity index (χ0n) is 16.0. The fraction of sp³-hybridized carbons (Fsp3) is 0.190. The molecule has 3 aromatic rings. The van der Waals surface area contributed by atoms with E-state index in [9.17, 15) is 0 Å². The zero-order valence-corrected chi connectivity index (χ0v) is 17.6. The van der Waals surface area contributed by atoms with Crippen LogP contribution in [0.4, 0.5) is 5.00 Å². The highest BCUT2D eigenvalue weighted by Crippen LogP contribution is 2.35. The summed E-state index contributed by atoms with van der Waals surface area (Å²) in [6.45, 7) is 4.67. The molecule has 0 saturated carbocycles. The number of aromatic nitrogens is 1. The van der Waals surface area contributed by atoms with E-state index in [1.807, 2.05) is 43.3 Å². The van der Waals surface area contributed by atoms with Gasteiger partial charge in [-0.1, -0.05) is 18.2 Å². The summed E-state index contributed by atoms with van der Waals surface area (Å²) in [6, 6.07) is 11.5. The molecule has 3 N–H and O–H groups in total. The van der Waals surface area contributed by atoms with E-state index in [0.717, 1.165) is 32.1 Å². The largest absolute Gasteiger partial charge is 0.496 e. The molecule has 0 aliphatic heterocycles. The van der Waals surface area contributed by atoms with E-state index in [4.69, 9.17) is 22.4 Å². The Morgan fingerprint density at radius 2 is 2.00 bits per heavy atom. The summed E-state index contributed by atoms with van der Waals surface area (Å²) in [5, 5.41) is 16.6. The average molecular weight is 411 g/mol. The van der Waals surface area contributed by atoms with Crippen LogP contribution in [0.25, 0.3) is 0 Å². The number of pyridine rings is 1. The van der Waals surface area contributed by atoms with Crippen LogP contribution in [0.2, 0.25) is 0 Å². The van der Waals surface area contributed by atoms with Crippen LogP contribution in [0.5, 0.6) is 5.75 Å². The number of nitrogens with one attached hydrogen (secondary N) is 3. The van der Waals surface area contributed by atoms with E-state index in [0.29, 0.717) is 23.1 Å². The van der Waals surface area contributed by atoms with E-state index < -0.39 is 0 Å². The summed E-state index contributed by atoms with van der Waals surface area (Å²) in [4.78, 5) is 5.25. The minimum absolute atomic E-state index is 0.414. The van der Waals surface area contributed by atoms with Crippen molar-refractivity contribution in [2.45, 2.75) is 20.4 Å². The molecule has 2 heterocycles. The number of methoxy groups -OCH3 is 1. The molecule has 144 valence electrons. The number of hydrogen-bond acceptors (Lipinski definition) is 5. The summed E-state index contributed by atoms with van der Waals surface area (Å²) in [5.41, 5.74) is 4.13. The second kappa shape index (κ2) is 8.95. The highest BCUT2D eigenvalue weighted by Gasteiger charge is 2.20. The number of aryl methyl sites for hydroxylation is 1. The molecular weight excluding hydrogens is 388 g/mol. The van der Waals surface area contributed by atoms with Crippen LogP contribution in [-0.4, -0.2) is 22.9 Å². The maximum absolute atomic E-state index is 8.81. The molecule has 0 radical (unpaired) electrons. The Kier molecular flexibility index (Phi) is 6.38. The third kappa shape index (κ3) is 4.37. The predicted molar refractivity (Wildman–Crippen MR) is 120 cm³/mol. The number of benzene rings is 1. The molecule has 0 spiro atoms. The molecule has 0 unspecified atom stereocenters. The normalized spacial score (nSPS) is 10.4. The van der Waals surface area contributed by atoms with E-state index in [1.165, 1.54) is 0 Å². The van der Waals surface area contributed by atoms with E-state index in [2.05, 4.69) is 22.5 Å². The first kappa shape index (κ1) is 20.0. The molecule has 0 aliphatic carbocycles. The average Bonchev–Trinajstić information content (AvgIpc) is 2.99. The molecular formula is C21H22N4OS2. The Morgan fingerprint density at radius 3 is 2.71 bits per heavy atom. The van der Waals surface area contributed by atoms with Gasteiger partial charge in [-0.05, 0) is 55.4 Å². The van der Waals surface area contributed by atoms with Crippen molar-refractivity contribution in [3.63, 3.8) is 0 Å². The number of thiophene rings is 1. The summed E-state index contributed by atoms with van der Waals surface area (Å²) >= 11 is 7.06. The van der Waals surface area contributed by atoms with Crippen molar-refractivity contribution in [3.8, 4) is 5.75 Å². The van der Waals surface area contributed by atoms with E-state index in [1.54, 1.807) is 30.8 Å². The van der Waals surface area contributed by atoms with Gasteiger partial charge in [0, 0.05) is 34.9 Å². The van der Waals surface area contributed by atoms with Gasteiger partial charge in [0.15, 0.2) is 5.11 Å². The number of hydrogen-bond donors (Lipinski definition) is 3. The highest BCUT2D eigenvalue weighted by molar-refractivity contribution is 7.80. The molecule has 0 bridgehead atoms. The van der Waals surface area contributed by atoms with Gasteiger partial charge >= 0.3 is 0 Å². The van der Waals surface area contributed by atoms with Gasteiger partial charge in [-0.15, -0.1) is 11.3 Å². The fourth-order valence-corrected chi connectivity index (χ4v) is 4.14. The van der Waals surface area contributed by atoms with Crippen LogP contribution < -0.4 is 15.4 Å². The Bertz CT molecular complexity index is 999. The van der Waals surface area contributed by atoms with Gasteiger partial charge in [0.2, 0.25) is 0 Å². The minimum Gasteiger partial charge on any atom is -0.496 e. The van der Waals surface area contributed by atoms with Crippen molar-refractivity contribution in [2.75, 3.05) is 12.4 Å². The number of ether oxygens (including phenoxy) is 1. The van der Waals surface area contributed by atoms with Crippen molar-refractivity contribution in [1.29, 1.82) is 5.41 Å². The van der Waals surface area contributed by atoms with Crippen molar-refractivity contribution in [2.24, 2.45) is 0 Å². The van der Waals surface area contributed by atoms with Crippen molar-refractivity contribution in [1.82, 2.24) is 10.3 Å². The second-order valence-electron chi connectivity index (χ2n) is 6.23. The van der Waals surface area contributed by atoms with E-state index >= 15 is 0 Å². The summed E-state index contributed by atoms with van der Waals surface area (Å²) in [7, 11) is 1.62. The molecule has 5 nitrogen and oxygen atoms in total. The zero-order chi connectivity index (χ0) is 20.1. The van der Waals surface area contributed by atoms with Gasteiger partial charge in [0.25, 0.3) is 0 Å². The fourth-order valence-electron chi connectivity index (χ4n) is 2.83. The second-order valence-corrected chi connectivity index (χ2v) is 7.86. The molecule has 0 aliphatic rings. The maximum Gasteiger partial charge on any atom is 0.171 e. The smallest absolute Gasteiger partial charge is 0.171 e. The van der Waals surface area contributed by atoms with Gasteiger partial charge in [-0.3, -0.25) is 10.4 Å². The molecule has 0 saturated heterocycles. The number of anilines is 1. The highest BCUT2D eigenvalue weighted by atomic mass is 32.1. The summed E-state index contributed by atoms with van der Waals surface area (Å²) in [5.74, 6) is 0.680. The molecule has 7 heteroatoms. The topological polar surface area (TPSA) is 70.0 Å². The van der Waals surface area contributed by atoms with Gasteiger partial charge in [0.05, 0.1) is 12.8 Å². The first-order valence-electron chi connectivity index (χ1n) is 8.77. The predicted octanol–water partition coefficient (Wildman–Crippen LogP) is 4.67. The van der Waals surface area contributed by atoms with Gasteiger partial charge in [-0.2, -0.15) is 0 Å². The number of para-hydroxylation sites is 1. The molecule has 3 rings (SSSR count). The molecule has 1 aromatic carbocycles. The monoisotopic (exact) mass is 410 g/mol. The van der Waals surface area contributed by atoms with Crippen LogP contribution in [-0.2, 0) is 6.54 Å². The standard InChI is InChI=1S/C21H22N4OS2/c1-13-14(2)28-20(25-21(27)24-12-15-7-6-10-23-11-15)18(13)19(22)16-8-4-5-9-17(16)26-3/h4-11,22H,12H2,1-3H3,(H2,24,25,27). The molecule has 28 heavy (non-hydrogen) atoms. The SMILES string of the molecule is COc1ccccc1C(=N)c1c(NC(=S)NCc2cccnc2)sc(C)c1C. The molecule has 0 atom stereocenters. The summed E-state index contributed by atoms with van der Waals surface area (Å²) in [6.07, 6.45) is 3.55. The lowest BCUT2D eigenvalue weighted by Gasteiger charge is -2.14. The Hall–Kier alpha value is -2.77. The summed E-state index contributed by atoms with van der Waals surface area (Å²) < 4.78 is 5.44. The van der Waals surface area contributed by atoms with Gasteiger partial charge < -0.3 is 15.4 Å². The van der Waals surface area contributed by atoms with Crippen LogP contribution in [0.1, 0.15) is 27.1 Å². The Morgan fingerprint density at radius 1 is 1.21 bits per heavy atom. The number of thiocarbonyl (C=S) groups is 1. The number of rotatable bonds is 6. The third-order valence-electron chi connectivity index (χ3n) is 4.41. The van der Waals surface area contributed by atoms with Gasteiger partial charge in [0.1, 0.15) is 10.8 Å².